The molecule has 3 rings (SSSR count). The maximum atomic E-state index is 4.40. The summed E-state index contributed by atoms with van der Waals surface area (Å²) in [5.41, 5.74) is 1.15. The fourth-order valence-corrected chi connectivity index (χ4v) is 2.66. The summed E-state index contributed by atoms with van der Waals surface area (Å²) in [6.07, 6.45) is 3.21. The number of nitrogens with zero attached hydrogens (tertiary/aromatic N) is 2. The molecule has 2 aliphatic heterocycles. The lowest BCUT2D eigenvalue weighted by Gasteiger charge is -2.22. The van der Waals surface area contributed by atoms with Gasteiger partial charge in [-0.2, -0.15) is 0 Å². The van der Waals surface area contributed by atoms with Gasteiger partial charge < -0.3 is 15.2 Å². The van der Waals surface area contributed by atoms with E-state index in [0.717, 1.165) is 30.6 Å². The van der Waals surface area contributed by atoms with Gasteiger partial charge in [0.1, 0.15) is 0 Å². The third-order valence-corrected chi connectivity index (χ3v) is 3.41. The summed E-state index contributed by atoms with van der Waals surface area (Å²) in [5, 5.41) is 3.45. The summed E-state index contributed by atoms with van der Waals surface area (Å²) in [5.74, 6) is 1.89. The predicted octanol–water partition coefficient (Wildman–Crippen LogP) is 0.516. The molecule has 2 fully saturated rings. The average Bonchev–Trinajstić information content (AvgIpc) is 2.77. The van der Waals surface area contributed by atoms with Crippen LogP contribution in [-0.2, 0) is 0 Å². The second-order valence-corrected chi connectivity index (χ2v) is 4.36. The normalized spacial score (nSPS) is 31.1. The summed E-state index contributed by atoms with van der Waals surface area (Å²) in [4.78, 5) is 10.1. The zero-order valence-corrected chi connectivity index (χ0v) is 8.45. The van der Waals surface area contributed by atoms with E-state index < -0.39 is 0 Å². The maximum Gasteiger partial charge on any atom is 0.203 e. The lowest BCUT2D eigenvalue weighted by molar-refractivity contribution is 0.576. The highest BCUT2D eigenvalue weighted by molar-refractivity contribution is 5.36. The number of hydrogen-bond donors (Lipinski definition) is 2. The van der Waals surface area contributed by atoms with Crippen molar-refractivity contribution in [2.45, 2.75) is 19.4 Å². The van der Waals surface area contributed by atoms with Crippen LogP contribution in [-0.4, -0.2) is 35.6 Å². The minimum atomic E-state index is 0.667. The molecule has 0 aromatic carbocycles. The Bertz CT molecular complexity index is 333. The Balaban J connectivity index is 1.85. The molecule has 4 nitrogen and oxygen atoms in total. The van der Waals surface area contributed by atoms with Crippen LogP contribution in [0.25, 0.3) is 0 Å². The van der Waals surface area contributed by atoms with Crippen molar-refractivity contribution in [3.63, 3.8) is 0 Å². The van der Waals surface area contributed by atoms with Crippen LogP contribution < -0.4 is 10.2 Å². The Kier molecular flexibility index (Phi) is 1.77. The molecule has 2 N–H and O–H groups in total. The van der Waals surface area contributed by atoms with Crippen molar-refractivity contribution in [1.29, 1.82) is 0 Å². The molecule has 0 unspecified atom stereocenters. The van der Waals surface area contributed by atoms with Crippen molar-refractivity contribution in [2.75, 3.05) is 24.5 Å². The monoisotopic (exact) mass is 192 g/mol. The Morgan fingerprint density at radius 2 is 2.43 bits per heavy atom. The van der Waals surface area contributed by atoms with Crippen LogP contribution in [0.2, 0.25) is 0 Å². The van der Waals surface area contributed by atoms with Crippen LogP contribution in [0.4, 0.5) is 5.95 Å². The number of anilines is 1. The molecule has 2 aliphatic rings. The van der Waals surface area contributed by atoms with E-state index in [9.17, 15) is 0 Å². The Hall–Kier alpha value is -1.03. The van der Waals surface area contributed by atoms with Crippen LogP contribution in [0, 0.1) is 12.8 Å². The maximum absolute atomic E-state index is 4.40. The molecular formula is C10H16N4. The first-order valence-corrected chi connectivity index (χ1v) is 5.33. The predicted molar refractivity (Wildman–Crippen MR) is 55.4 cm³/mol. The van der Waals surface area contributed by atoms with Crippen LogP contribution in [0.5, 0.6) is 0 Å². The zero-order chi connectivity index (χ0) is 9.54. The summed E-state index contributed by atoms with van der Waals surface area (Å²) >= 11 is 0. The van der Waals surface area contributed by atoms with Crippen molar-refractivity contribution < 1.29 is 0 Å². The average molecular weight is 192 g/mol. The SMILES string of the molecule is Cc1cnc(N2CC[C@@H]3CNC[C@@H]32)[nH]1. The molecule has 2 saturated heterocycles. The van der Waals surface area contributed by atoms with E-state index in [0.29, 0.717) is 6.04 Å². The van der Waals surface area contributed by atoms with E-state index in [-0.39, 0.29) is 0 Å². The number of aryl methyl sites for hydroxylation is 1. The molecule has 0 spiro atoms. The molecule has 76 valence electrons. The van der Waals surface area contributed by atoms with E-state index in [4.69, 9.17) is 0 Å². The Morgan fingerprint density at radius 1 is 1.50 bits per heavy atom. The number of rotatable bonds is 1. The molecule has 0 amide bonds. The van der Waals surface area contributed by atoms with E-state index >= 15 is 0 Å². The number of aromatic amines is 1. The fourth-order valence-electron chi connectivity index (χ4n) is 2.66. The fraction of sp³-hybridized carbons (Fsp3) is 0.700. The van der Waals surface area contributed by atoms with Crippen molar-refractivity contribution in [2.24, 2.45) is 5.92 Å². The smallest absolute Gasteiger partial charge is 0.203 e. The molecule has 14 heavy (non-hydrogen) atoms. The van der Waals surface area contributed by atoms with Crippen LogP contribution in [0.3, 0.4) is 0 Å². The molecule has 0 radical (unpaired) electrons. The molecule has 2 atom stereocenters. The Labute approximate surface area is 83.7 Å². The number of aromatic nitrogens is 2. The van der Waals surface area contributed by atoms with Gasteiger partial charge in [0.05, 0.1) is 0 Å². The van der Waals surface area contributed by atoms with Gasteiger partial charge in [-0.1, -0.05) is 0 Å². The van der Waals surface area contributed by atoms with E-state index in [2.05, 4.69) is 27.1 Å². The molecule has 0 bridgehead atoms. The highest BCUT2D eigenvalue weighted by Gasteiger charge is 2.38. The van der Waals surface area contributed by atoms with E-state index in [1.807, 2.05) is 6.20 Å². The van der Waals surface area contributed by atoms with Gasteiger partial charge in [0, 0.05) is 37.6 Å². The van der Waals surface area contributed by atoms with Gasteiger partial charge in [0.15, 0.2) is 0 Å². The van der Waals surface area contributed by atoms with Gasteiger partial charge in [-0.15, -0.1) is 0 Å². The molecule has 1 aromatic rings. The number of imidazole rings is 1. The minimum Gasteiger partial charge on any atom is -0.338 e. The minimum absolute atomic E-state index is 0.667. The third kappa shape index (κ3) is 1.14. The first kappa shape index (κ1) is 8.29. The van der Waals surface area contributed by atoms with Gasteiger partial charge in [-0.05, 0) is 19.3 Å². The lowest BCUT2D eigenvalue weighted by atomic mass is 10.1. The summed E-state index contributed by atoms with van der Waals surface area (Å²) < 4.78 is 0. The van der Waals surface area contributed by atoms with E-state index in [1.54, 1.807) is 0 Å². The summed E-state index contributed by atoms with van der Waals surface area (Å²) in [7, 11) is 0. The quantitative estimate of drug-likeness (QED) is 0.681. The Morgan fingerprint density at radius 3 is 3.21 bits per heavy atom. The molecular weight excluding hydrogens is 176 g/mol. The topological polar surface area (TPSA) is 44.0 Å². The number of nitrogens with one attached hydrogen (secondary N) is 2. The second-order valence-electron chi connectivity index (χ2n) is 4.36. The number of H-pyrrole nitrogens is 1. The standard InChI is InChI=1S/C10H16N4/c1-7-4-12-10(13-7)14-3-2-8-5-11-6-9(8)14/h4,8-9,11H,2-3,5-6H2,1H3,(H,12,13)/t8-,9+/m1/s1. The zero-order valence-electron chi connectivity index (χ0n) is 8.45. The van der Waals surface area contributed by atoms with E-state index in [1.165, 1.54) is 13.0 Å². The van der Waals surface area contributed by atoms with Crippen molar-refractivity contribution in [3.8, 4) is 0 Å². The van der Waals surface area contributed by atoms with Gasteiger partial charge in [0.25, 0.3) is 0 Å². The third-order valence-electron chi connectivity index (χ3n) is 3.41. The van der Waals surface area contributed by atoms with Gasteiger partial charge in [0.2, 0.25) is 5.95 Å². The molecule has 0 aliphatic carbocycles. The second kappa shape index (κ2) is 2.98. The molecule has 0 saturated carbocycles. The van der Waals surface area contributed by atoms with Crippen molar-refractivity contribution in [3.05, 3.63) is 11.9 Å². The van der Waals surface area contributed by atoms with Crippen LogP contribution in [0.1, 0.15) is 12.1 Å². The van der Waals surface area contributed by atoms with Crippen LogP contribution in [0.15, 0.2) is 6.20 Å². The molecule has 1 aromatic heterocycles. The van der Waals surface area contributed by atoms with Gasteiger partial charge >= 0.3 is 0 Å². The van der Waals surface area contributed by atoms with Crippen molar-refractivity contribution in [1.82, 2.24) is 15.3 Å². The number of hydrogen-bond acceptors (Lipinski definition) is 3. The first-order valence-electron chi connectivity index (χ1n) is 5.33. The van der Waals surface area contributed by atoms with Crippen LogP contribution >= 0.6 is 0 Å². The molecule has 4 heteroatoms. The largest absolute Gasteiger partial charge is 0.338 e. The summed E-state index contributed by atoms with van der Waals surface area (Å²) in [6.45, 7) is 5.51. The highest BCUT2D eigenvalue weighted by atomic mass is 15.3. The first-order chi connectivity index (χ1) is 6.84. The van der Waals surface area contributed by atoms with Gasteiger partial charge in [-0.3, -0.25) is 0 Å². The highest BCUT2D eigenvalue weighted by Crippen LogP contribution is 2.29. The summed E-state index contributed by atoms with van der Waals surface area (Å²) in [6, 6.07) is 0.667. The molecule has 3 heterocycles. The van der Waals surface area contributed by atoms with Gasteiger partial charge in [-0.25, -0.2) is 4.98 Å². The lowest BCUT2D eigenvalue weighted by Crippen LogP contribution is -2.34. The number of fused-ring (bicyclic) bond motifs is 1. The van der Waals surface area contributed by atoms with Crippen molar-refractivity contribution >= 4 is 5.95 Å².